The molecule has 0 bridgehead atoms. The highest BCUT2D eigenvalue weighted by atomic mass is 79.9. The lowest BCUT2D eigenvalue weighted by Crippen LogP contribution is -2.48. The van der Waals surface area contributed by atoms with Gasteiger partial charge in [0, 0.05) is 10.9 Å². The Morgan fingerprint density at radius 2 is 1.84 bits per heavy atom. The molecular formula is C16H20BrNO. The Morgan fingerprint density at radius 3 is 2.37 bits per heavy atom. The van der Waals surface area contributed by atoms with Gasteiger partial charge in [0.1, 0.15) is 0 Å². The van der Waals surface area contributed by atoms with Crippen molar-refractivity contribution in [2.45, 2.75) is 51.0 Å². The van der Waals surface area contributed by atoms with Crippen LogP contribution in [0.15, 0.2) is 28.7 Å². The molecule has 0 radical (unpaired) electrons. The quantitative estimate of drug-likeness (QED) is 0.905. The molecule has 1 aromatic carbocycles. The Morgan fingerprint density at radius 1 is 1.26 bits per heavy atom. The van der Waals surface area contributed by atoms with E-state index in [9.17, 15) is 10.4 Å². The van der Waals surface area contributed by atoms with E-state index in [4.69, 9.17) is 0 Å². The molecule has 102 valence electrons. The van der Waals surface area contributed by atoms with Crippen molar-refractivity contribution in [2.75, 3.05) is 0 Å². The van der Waals surface area contributed by atoms with Crippen molar-refractivity contribution in [3.8, 4) is 6.07 Å². The normalized spacial score (nSPS) is 21.4. The molecule has 19 heavy (non-hydrogen) atoms. The SMILES string of the molecule is CC(O)(Cc1ccc(Br)cc1)C1(C#N)CCCCC1. The van der Waals surface area contributed by atoms with Gasteiger partial charge in [0.05, 0.1) is 17.1 Å². The summed E-state index contributed by atoms with van der Waals surface area (Å²) in [6.07, 6.45) is 5.43. The molecule has 0 heterocycles. The number of halogens is 1. The highest BCUT2D eigenvalue weighted by Gasteiger charge is 2.47. The molecule has 0 spiro atoms. The molecule has 0 saturated heterocycles. The van der Waals surface area contributed by atoms with Crippen LogP contribution in [0.5, 0.6) is 0 Å². The third-order valence-electron chi connectivity index (χ3n) is 4.41. The summed E-state index contributed by atoms with van der Waals surface area (Å²) in [4.78, 5) is 0. The van der Waals surface area contributed by atoms with Crippen molar-refractivity contribution >= 4 is 15.9 Å². The zero-order chi connectivity index (χ0) is 13.9. The standard InChI is InChI=1S/C16H20BrNO/c1-15(19,11-13-5-7-14(17)8-6-13)16(12-18)9-3-2-4-10-16/h5-8,19H,2-4,9-11H2,1H3. The fourth-order valence-electron chi connectivity index (χ4n) is 3.10. The fourth-order valence-corrected chi connectivity index (χ4v) is 3.36. The number of nitriles is 1. The second-order valence-electron chi connectivity index (χ2n) is 5.83. The average molecular weight is 322 g/mol. The molecule has 1 atom stereocenters. The lowest BCUT2D eigenvalue weighted by atomic mass is 9.63. The average Bonchev–Trinajstić information content (AvgIpc) is 2.42. The van der Waals surface area contributed by atoms with Crippen molar-refractivity contribution in [3.63, 3.8) is 0 Å². The Labute approximate surface area is 123 Å². The smallest absolute Gasteiger partial charge is 0.0860 e. The number of rotatable bonds is 3. The van der Waals surface area contributed by atoms with Gasteiger partial charge >= 0.3 is 0 Å². The molecule has 1 saturated carbocycles. The molecule has 1 unspecified atom stereocenters. The lowest BCUT2D eigenvalue weighted by molar-refractivity contribution is -0.0569. The maximum absolute atomic E-state index is 10.9. The molecule has 1 N–H and O–H groups in total. The fraction of sp³-hybridized carbons (Fsp3) is 0.562. The molecule has 3 heteroatoms. The summed E-state index contributed by atoms with van der Waals surface area (Å²) in [6, 6.07) is 10.4. The maximum Gasteiger partial charge on any atom is 0.0860 e. The second kappa shape index (κ2) is 5.64. The summed E-state index contributed by atoms with van der Waals surface area (Å²) >= 11 is 3.41. The first-order valence-electron chi connectivity index (χ1n) is 6.87. The van der Waals surface area contributed by atoms with Crippen LogP contribution in [-0.4, -0.2) is 10.7 Å². The number of hydrogen-bond donors (Lipinski definition) is 1. The summed E-state index contributed by atoms with van der Waals surface area (Å²) in [7, 11) is 0. The summed E-state index contributed by atoms with van der Waals surface area (Å²) in [5, 5.41) is 20.5. The van der Waals surface area contributed by atoms with E-state index in [0.717, 1.165) is 35.7 Å². The van der Waals surface area contributed by atoms with E-state index in [1.54, 1.807) is 0 Å². The largest absolute Gasteiger partial charge is 0.388 e. The highest BCUT2D eigenvalue weighted by molar-refractivity contribution is 9.10. The van der Waals surface area contributed by atoms with Gasteiger partial charge in [-0.2, -0.15) is 5.26 Å². The summed E-state index contributed by atoms with van der Waals surface area (Å²) in [5.74, 6) is 0. The van der Waals surface area contributed by atoms with Crippen molar-refractivity contribution < 1.29 is 5.11 Å². The monoisotopic (exact) mass is 321 g/mol. The van der Waals surface area contributed by atoms with E-state index in [-0.39, 0.29) is 0 Å². The first-order valence-corrected chi connectivity index (χ1v) is 7.66. The van der Waals surface area contributed by atoms with Gasteiger partial charge in [0.2, 0.25) is 0 Å². The molecule has 0 amide bonds. The predicted molar refractivity (Wildman–Crippen MR) is 79.6 cm³/mol. The Kier molecular flexibility index (Phi) is 4.32. The minimum absolute atomic E-state index is 0.536. The van der Waals surface area contributed by atoms with Gasteiger partial charge in [-0.1, -0.05) is 47.3 Å². The van der Waals surface area contributed by atoms with E-state index in [0.29, 0.717) is 6.42 Å². The number of benzene rings is 1. The van der Waals surface area contributed by atoms with Crippen LogP contribution in [0, 0.1) is 16.7 Å². The number of hydrogen-bond acceptors (Lipinski definition) is 2. The van der Waals surface area contributed by atoms with Crippen LogP contribution in [-0.2, 0) is 6.42 Å². The molecule has 0 aliphatic heterocycles. The Bertz CT molecular complexity index is 467. The van der Waals surface area contributed by atoms with Crippen molar-refractivity contribution in [1.82, 2.24) is 0 Å². The minimum Gasteiger partial charge on any atom is -0.388 e. The molecule has 1 aromatic rings. The van der Waals surface area contributed by atoms with Crippen LogP contribution in [0.2, 0.25) is 0 Å². The first-order chi connectivity index (χ1) is 8.99. The van der Waals surface area contributed by atoms with Crippen LogP contribution < -0.4 is 0 Å². The van der Waals surface area contributed by atoms with Gasteiger partial charge < -0.3 is 5.11 Å². The zero-order valence-electron chi connectivity index (χ0n) is 11.3. The number of nitrogens with zero attached hydrogens (tertiary/aromatic N) is 1. The van der Waals surface area contributed by atoms with Crippen LogP contribution in [0.3, 0.4) is 0 Å². The third-order valence-corrected chi connectivity index (χ3v) is 4.94. The van der Waals surface area contributed by atoms with Crippen LogP contribution >= 0.6 is 15.9 Å². The summed E-state index contributed by atoms with van der Waals surface area (Å²) in [6.45, 7) is 1.82. The van der Waals surface area contributed by atoms with Crippen LogP contribution in [0.1, 0.15) is 44.6 Å². The molecule has 2 rings (SSSR count). The molecule has 0 aromatic heterocycles. The highest BCUT2D eigenvalue weighted by Crippen LogP contribution is 2.45. The van der Waals surface area contributed by atoms with Crippen LogP contribution in [0.4, 0.5) is 0 Å². The predicted octanol–water partition coefficient (Wildman–Crippen LogP) is 4.22. The zero-order valence-corrected chi connectivity index (χ0v) is 12.9. The van der Waals surface area contributed by atoms with Gasteiger partial charge in [0.15, 0.2) is 0 Å². The van der Waals surface area contributed by atoms with Gasteiger partial charge in [0.25, 0.3) is 0 Å². The molecule has 1 aliphatic rings. The molecular weight excluding hydrogens is 302 g/mol. The Hall–Kier alpha value is -0.850. The van der Waals surface area contributed by atoms with Crippen molar-refractivity contribution in [1.29, 1.82) is 5.26 Å². The summed E-state index contributed by atoms with van der Waals surface area (Å²) in [5.41, 5.74) is -0.470. The van der Waals surface area contributed by atoms with Gasteiger partial charge in [-0.25, -0.2) is 0 Å². The second-order valence-corrected chi connectivity index (χ2v) is 6.75. The van der Waals surface area contributed by atoms with E-state index >= 15 is 0 Å². The van der Waals surface area contributed by atoms with E-state index in [1.807, 2.05) is 31.2 Å². The minimum atomic E-state index is -0.962. The van der Waals surface area contributed by atoms with Crippen LogP contribution in [0.25, 0.3) is 0 Å². The van der Waals surface area contributed by atoms with Gasteiger partial charge in [-0.3, -0.25) is 0 Å². The number of aliphatic hydroxyl groups is 1. The molecule has 1 fully saturated rings. The summed E-state index contributed by atoms with van der Waals surface area (Å²) < 4.78 is 1.03. The lowest BCUT2D eigenvalue weighted by Gasteiger charge is -2.43. The van der Waals surface area contributed by atoms with Gasteiger partial charge in [-0.05, 0) is 37.5 Å². The first kappa shape index (κ1) is 14.6. The Balaban J connectivity index is 2.20. The van der Waals surface area contributed by atoms with E-state index in [1.165, 1.54) is 6.42 Å². The third kappa shape index (κ3) is 3.01. The maximum atomic E-state index is 10.9. The topological polar surface area (TPSA) is 44.0 Å². The molecule has 2 nitrogen and oxygen atoms in total. The van der Waals surface area contributed by atoms with E-state index in [2.05, 4.69) is 22.0 Å². The van der Waals surface area contributed by atoms with Crippen molar-refractivity contribution in [2.24, 2.45) is 5.41 Å². The van der Waals surface area contributed by atoms with Crippen molar-refractivity contribution in [3.05, 3.63) is 34.3 Å². The molecule has 1 aliphatic carbocycles. The van der Waals surface area contributed by atoms with E-state index < -0.39 is 11.0 Å². The van der Waals surface area contributed by atoms with Gasteiger partial charge in [-0.15, -0.1) is 0 Å².